The lowest BCUT2D eigenvalue weighted by molar-refractivity contribution is 0.312. The molecule has 6 nitrogen and oxygen atoms in total. The van der Waals surface area contributed by atoms with Crippen molar-refractivity contribution in [3.8, 4) is 0 Å². The van der Waals surface area contributed by atoms with Crippen LogP contribution in [0.4, 0.5) is 0 Å². The third-order valence-electron chi connectivity index (χ3n) is 2.60. The first-order valence-electron chi connectivity index (χ1n) is 6.36. The third-order valence-corrected chi connectivity index (χ3v) is 4.61. The summed E-state index contributed by atoms with van der Waals surface area (Å²) in [7, 11) is 0.231. The van der Waals surface area contributed by atoms with Gasteiger partial charge in [0.05, 0.1) is 12.4 Å². The molecule has 0 aliphatic rings. The van der Waals surface area contributed by atoms with E-state index in [4.69, 9.17) is 11.6 Å². The number of rotatable bonds is 7. The zero-order valence-corrected chi connectivity index (χ0v) is 13.8. The molecule has 0 fully saturated rings. The van der Waals surface area contributed by atoms with Crippen molar-refractivity contribution in [2.24, 2.45) is 5.92 Å². The van der Waals surface area contributed by atoms with Crippen molar-refractivity contribution in [2.75, 3.05) is 33.7 Å². The SMILES string of the molecule is CC(C)CN(CCN(C)C)S(=O)(=O)c1cnc(Cl)nc1. The highest BCUT2D eigenvalue weighted by atomic mass is 35.5. The Morgan fingerprint density at radius 1 is 1.20 bits per heavy atom. The van der Waals surface area contributed by atoms with Crippen molar-refractivity contribution in [3.63, 3.8) is 0 Å². The Bertz CT molecular complexity index is 517. The molecule has 1 aromatic rings. The van der Waals surface area contributed by atoms with Gasteiger partial charge in [-0.15, -0.1) is 0 Å². The van der Waals surface area contributed by atoms with E-state index in [1.54, 1.807) is 0 Å². The number of halogens is 1. The van der Waals surface area contributed by atoms with E-state index >= 15 is 0 Å². The van der Waals surface area contributed by atoms with Crippen LogP contribution in [0.3, 0.4) is 0 Å². The van der Waals surface area contributed by atoms with Crippen molar-refractivity contribution in [1.29, 1.82) is 0 Å². The fraction of sp³-hybridized carbons (Fsp3) is 0.667. The maximum atomic E-state index is 12.6. The molecule has 0 saturated carbocycles. The molecule has 0 amide bonds. The zero-order chi connectivity index (χ0) is 15.3. The summed E-state index contributed by atoms with van der Waals surface area (Å²) in [5.41, 5.74) is 0. The summed E-state index contributed by atoms with van der Waals surface area (Å²) in [4.78, 5) is 9.50. The minimum Gasteiger partial charge on any atom is -0.308 e. The van der Waals surface area contributed by atoms with Crippen molar-refractivity contribution < 1.29 is 8.42 Å². The van der Waals surface area contributed by atoms with Gasteiger partial charge in [-0.05, 0) is 31.6 Å². The highest BCUT2D eigenvalue weighted by Gasteiger charge is 2.25. The van der Waals surface area contributed by atoms with Gasteiger partial charge in [-0.3, -0.25) is 0 Å². The lowest BCUT2D eigenvalue weighted by atomic mass is 10.2. The normalized spacial score (nSPS) is 12.6. The second-order valence-electron chi connectivity index (χ2n) is 5.25. The van der Waals surface area contributed by atoms with Crippen LogP contribution in [0.1, 0.15) is 13.8 Å². The molecule has 20 heavy (non-hydrogen) atoms. The summed E-state index contributed by atoms with van der Waals surface area (Å²) in [6, 6.07) is 0. The molecule has 0 unspecified atom stereocenters. The lowest BCUT2D eigenvalue weighted by Gasteiger charge is -2.25. The predicted octanol–water partition coefficient (Wildman–Crippen LogP) is 1.34. The summed E-state index contributed by atoms with van der Waals surface area (Å²) >= 11 is 5.59. The largest absolute Gasteiger partial charge is 0.308 e. The van der Waals surface area contributed by atoms with Crippen LogP contribution in [0.2, 0.25) is 5.28 Å². The van der Waals surface area contributed by atoms with Gasteiger partial charge in [-0.25, -0.2) is 18.4 Å². The van der Waals surface area contributed by atoms with E-state index in [-0.39, 0.29) is 16.1 Å². The number of hydrogen-bond donors (Lipinski definition) is 0. The molecule has 8 heteroatoms. The molecule has 114 valence electrons. The molecule has 0 N–H and O–H groups in total. The molecule has 0 spiro atoms. The van der Waals surface area contributed by atoms with Gasteiger partial charge in [0, 0.05) is 19.6 Å². The van der Waals surface area contributed by atoms with Crippen LogP contribution in [0.15, 0.2) is 17.3 Å². The summed E-state index contributed by atoms with van der Waals surface area (Å²) in [5.74, 6) is 0.236. The maximum absolute atomic E-state index is 12.6. The molecule has 0 saturated heterocycles. The van der Waals surface area contributed by atoms with Crippen LogP contribution in [0.5, 0.6) is 0 Å². The van der Waals surface area contributed by atoms with Crippen LogP contribution in [-0.2, 0) is 10.0 Å². The van der Waals surface area contributed by atoms with Gasteiger partial charge in [0.25, 0.3) is 0 Å². The van der Waals surface area contributed by atoms with Gasteiger partial charge in [0.15, 0.2) is 0 Å². The van der Waals surface area contributed by atoms with Crippen LogP contribution >= 0.6 is 11.6 Å². The first-order valence-corrected chi connectivity index (χ1v) is 8.17. The van der Waals surface area contributed by atoms with E-state index in [0.717, 1.165) is 0 Å². The van der Waals surface area contributed by atoms with Crippen molar-refractivity contribution in [3.05, 3.63) is 17.7 Å². The number of hydrogen-bond acceptors (Lipinski definition) is 5. The predicted molar refractivity (Wildman–Crippen MR) is 79.2 cm³/mol. The van der Waals surface area contributed by atoms with Crippen molar-refractivity contribution in [1.82, 2.24) is 19.2 Å². The fourth-order valence-corrected chi connectivity index (χ4v) is 3.20. The molecule has 0 aromatic carbocycles. The summed E-state index contributed by atoms with van der Waals surface area (Å²) in [6.45, 7) is 5.50. The van der Waals surface area contributed by atoms with Gasteiger partial charge in [-0.1, -0.05) is 13.8 Å². The van der Waals surface area contributed by atoms with Gasteiger partial charge in [0.2, 0.25) is 15.3 Å². The first kappa shape index (κ1) is 17.3. The smallest absolute Gasteiger partial charge is 0.246 e. The lowest BCUT2D eigenvalue weighted by Crippen LogP contribution is -2.39. The number of nitrogens with zero attached hydrogens (tertiary/aromatic N) is 4. The molecule has 1 rings (SSSR count). The highest BCUT2D eigenvalue weighted by Crippen LogP contribution is 2.16. The molecule has 0 aliphatic carbocycles. The molecule has 0 atom stereocenters. The summed E-state index contributed by atoms with van der Waals surface area (Å²) in [6.07, 6.45) is 2.49. The summed E-state index contributed by atoms with van der Waals surface area (Å²) < 4.78 is 26.6. The van der Waals surface area contributed by atoms with Crippen molar-refractivity contribution in [2.45, 2.75) is 18.7 Å². The van der Waals surface area contributed by atoms with Crippen LogP contribution in [-0.4, -0.2) is 61.3 Å². The Hall–Kier alpha value is -0.760. The molecular weight excluding hydrogens is 300 g/mol. The van der Waals surface area contributed by atoms with Gasteiger partial charge in [0.1, 0.15) is 4.90 Å². The second kappa shape index (κ2) is 7.31. The fourth-order valence-electron chi connectivity index (χ4n) is 1.61. The van der Waals surface area contributed by atoms with E-state index < -0.39 is 10.0 Å². The average molecular weight is 321 g/mol. The average Bonchev–Trinajstić information content (AvgIpc) is 2.34. The van der Waals surface area contributed by atoms with Gasteiger partial charge in [-0.2, -0.15) is 4.31 Å². The number of sulfonamides is 1. The molecule has 1 aromatic heterocycles. The standard InChI is InChI=1S/C12H21ClN4O2S/c1-10(2)9-17(6-5-16(3)4)20(18,19)11-7-14-12(13)15-8-11/h7-8,10H,5-6,9H2,1-4H3. The van der Waals surface area contributed by atoms with E-state index in [0.29, 0.717) is 19.6 Å². The summed E-state index contributed by atoms with van der Waals surface area (Å²) in [5, 5.41) is 0.0349. The van der Waals surface area contributed by atoms with Gasteiger partial charge < -0.3 is 4.90 Å². The molecular formula is C12H21ClN4O2S. The molecule has 0 radical (unpaired) electrons. The van der Waals surface area contributed by atoms with E-state index in [2.05, 4.69) is 9.97 Å². The topological polar surface area (TPSA) is 66.4 Å². The van der Waals surface area contributed by atoms with Crippen LogP contribution in [0, 0.1) is 5.92 Å². The molecule has 0 bridgehead atoms. The van der Waals surface area contributed by atoms with E-state index in [1.165, 1.54) is 16.7 Å². The van der Waals surface area contributed by atoms with Crippen LogP contribution in [0.25, 0.3) is 0 Å². The van der Waals surface area contributed by atoms with Crippen LogP contribution < -0.4 is 0 Å². The van der Waals surface area contributed by atoms with E-state index in [1.807, 2.05) is 32.8 Å². The molecule has 1 heterocycles. The third kappa shape index (κ3) is 4.97. The Kier molecular flexibility index (Phi) is 6.32. The Morgan fingerprint density at radius 2 is 1.75 bits per heavy atom. The van der Waals surface area contributed by atoms with Gasteiger partial charge >= 0.3 is 0 Å². The Labute approximate surface area is 125 Å². The van der Waals surface area contributed by atoms with Crippen molar-refractivity contribution >= 4 is 21.6 Å². The maximum Gasteiger partial charge on any atom is 0.246 e. The monoisotopic (exact) mass is 320 g/mol. The zero-order valence-electron chi connectivity index (χ0n) is 12.2. The quantitative estimate of drug-likeness (QED) is 0.709. The number of aromatic nitrogens is 2. The Balaban J connectivity index is 3.00. The second-order valence-corrected chi connectivity index (χ2v) is 7.52. The minimum atomic E-state index is -3.59. The minimum absolute atomic E-state index is 0.0349. The highest BCUT2D eigenvalue weighted by molar-refractivity contribution is 7.89. The van der Waals surface area contributed by atoms with E-state index in [9.17, 15) is 8.42 Å². The molecule has 0 aliphatic heterocycles. The first-order chi connectivity index (χ1) is 9.23. The number of likely N-dealkylation sites (N-methyl/N-ethyl adjacent to an activating group) is 1. The Morgan fingerprint density at radius 3 is 2.20 bits per heavy atom.